The van der Waals surface area contributed by atoms with Gasteiger partial charge in [0.2, 0.25) is 10.0 Å². The van der Waals surface area contributed by atoms with Crippen molar-refractivity contribution in [2.45, 2.75) is 11.8 Å². The molecular weight excluding hydrogens is 399 g/mol. The number of halogens is 1. The van der Waals surface area contributed by atoms with Gasteiger partial charge in [-0.1, -0.05) is 0 Å². The van der Waals surface area contributed by atoms with Crippen molar-refractivity contribution < 1.29 is 17.9 Å². The van der Waals surface area contributed by atoms with Gasteiger partial charge in [-0.2, -0.15) is 0 Å². The summed E-state index contributed by atoms with van der Waals surface area (Å²) in [7, 11) is -3.70. The van der Waals surface area contributed by atoms with Crippen molar-refractivity contribution in [3.05, 3.63) is 76.0 Å². The van der Waals surface area contributed by atoms with Crippen LogP contribution in [0.15, 0.2) is 63.2 Å². The Morgan fingerprint density at radius 1 is 1.17 bits per heavy atom. The van der Waals surface area contributed by atoms with Crippen LogP contribution in [-0.2, 0) is 10.0 Å². The number of benzene rings is 2. The number of H-pyrrole nitrogens is 1. The van der Waals surface area contributed by atoms with Gasteiger partial charge in [-0.3, -0.25) is 14.9 Å². The number of aryl methyl sites for hydroxylation is 1. The minimum atomic E-state index is -3.70. The van der Waals surface area contributed by atoms with Gasteiger partial charge in [0, 0.05) is 18.5 Å². The number of hydrogen-bond acceptors (Lipinski definition) is 5. The third-order valence-corrected chi connectivity index (χ3v) is 5.57. The predicted octanol–water partition coefficient (Wildman–Crippen LogP) is 1.63. The van der Waals surface area contributed by atoms with Crippen molar-refractivity contribution in [1.82, 2.24) is 14.5 Å². The monoisotopic (exact) mass is 418 g/mol. The highest BCUT2D eigenvalue weighted by molar-refractivity contribution is 7.89. The lowest BCUT2D eigenvalue weighted by Crippen LogP contribution is -2.26. The first-order chi connectivity index (χ1) is 13.8. The molecule has 2 aromatic carbocycles. The first-order valence-corrected chi connectivity index (χ1v) is 10.1. The Morgan fingerprint density at radius 2 is 1.83 bits per heavy atom. The average Bonchev–Trinajstić information content (AvgIpc) is 2.99. The maximum absolute atomic E-state index is 13.1. The second-order valence-corrected chi connectivity index (χ2v) is 7.91. The summed E-state index contributed by atoms with van der Waals surface area (Å²) < 4.78 is 40.6. The Balaban J connectivity index is 1.83. The van der Waals surface area contributed by atoms with Crippen LogP contribution in [0.3, 0.4) is 0 Å². The molecule has 3 N–H and O–H groups in total. The topological polar surface area (TPSA) is 117 Å². The molecule has 0 aliphatic carbocycles. The summed E-state index contributed by atoms with van der Waals surface area (Å²) in [5.74, 6) is -0.399. The van der Waals surface area contributed by atoms with E-state index in [9.17, 15) is 17.6 Å². The number of hydrogen-bond donors (Lipinski definition) is 3. The van der Waals surface area contributed by atoms with Crippen molar-refractivity contribution in [2.24, 2.45) is 4.99 Å². The molecule has 3 rings (SSSR count). The van der Waals surface area contributed by atoms with Crippen LogP contribution >= 0.6 is 0 Å². The molecule has 0 amide bonds. The molecule has 0 atom stereocenters. The highest BCUT2D eigenvalue weighted by Gasteiger charge is 2.13. The number of nitrogens with one attached hydrogen (secondary N) is 2. The van der Waals surface area contributed by atoms with Crippen LogP contribution in [0.4, 0.5) is 10.1 Å². The lowest BCUT2D eigenvalue weighted by atomic mass is 10.2. The zero-order chi connectivity index (χ0) is 21.0. The smallest absolute Gasteiger partial charge is 0.280 e. The highest BCUT2D eigenvalue weighted by atomic mass is 32.2. The zero-order valence-corrected chi connectivity index (χ0v) is 16.3. The third-order valence-electron chi connectivity index (χ3n) is 4.10. The van der Waals surface area contributed by atoms with E-state index < -0.39 is 15.8 Å². The fraction of sp³-hybridized carbons (Fsp3) is 0.158. The highest BCUT2D eigenvalue weighted by Crippen LogP contribution is 2.16. The van der Waals surface area contributed by atoms with E-state index in [4.69, 9.17) is 5.11 Å². The van der Waals surface area contributed by atoms with Crippen molar-refractivity contribution in [3.63, 3.8) is 0 Å². The van der Waals surface area contributed by atoms with Gasteiger partial charge in [0.25, 0.3) is 5.56 Å². The van der Waals surface area contributed by atoms with Gasteiger partial charge in [-0.05, 0) is 55.5 Å². The molecule has 0 radical (unpaired) electrons. The number of nitrogens with zero attached hydrogens (tertiary/aromatic N) is 2. The van der Waals surface area contributed by atoms with Gasteiger partial charge in [0.1, 0.15) is 5.82 Å². The normalized spacial score (nSPS) is 12.0. The Bertz CT molecular complexity index is 1180. The number of aromatic nitrogens is 2. The summed E-state index contributed by atoms with van der Waals surface area (Å²) in [5, 5.41) is 11.7. The van der Waals surface area contributed by atoms with Crippen LogP contribution < -0.4 is 10.3 Å². The van der Waals surface area contributed by atoms with Crippen molar-refractivity contribution in [3.8, 4) is 5.69 Å². The minimum Gasteiger partial charge on any atom is -0.395 e. The molecule has 0 unspecified atom stereocenters. The summed E-state index contributed by atoms with van der Waals surface area (Å²) in [6, 6.07) is 11.3. The molecule has 0 aliphatic heterocycles. The molecule has 8 nitrogen and oxygen atoms in total. The van der Waals surface area contributed by atoms with Gasteiger partial charge in [-0.25, -0.2) is 22.2 Å². The standard InChI is InChI=1S/C19H19FN4O4S/c1-13-18(19(26)24(23-13)16-6-2-14(20)3-7-16)12-21-15-4-8-17(9-5-15)29(27,28)22-10-11-25/h2-9,12,22-23,25H,10-11H2,1H3. The summed E-state index contributed by atoms with van der Waals surface area (Å²) in [6.07, 6.45) is 1.39. The maximum atomic E-state index is 13.1. The van der Waals surface area contributed by atoms with Crippen LogP contribution in [0.5, 0.6) is 0 Å². The first kappa shape index (κ1) is 20.6. The number of sulfonamides is 1. The second kappa shape index (κ2) is 8.52. The molecule has 0 fully saturated rings. The summed E-state index contributed by atoms with van der Waals surface area (Å²) in [5.41, 5.74) is 1.51. The number of aliphatic hydroxyl groups excluding tert-OH is 1. The summed E-state index contributed by atoms with van der Waals surface area (Å²) in [4.78, 5) is 16.9. The van der Waals surface area contributed by atoms with Crippen LogP contribution in [-0.4, -0.2) is 42.7 Å². The molecule has 0 aliphatic rings. The molecule has 3 aromatic rings. The Hall–Kier alpha value is -3.08. The molecule has 152 valence electrons. The van der Waals surface area contributed by atoms with Crippen molar-refractivity contribution >= 4 is 21.9 Å². The SMILES string of the molecule is Cc1[nH]n(-c2ccc(F)cc2)c(=O)c1C=Nc1ccc(S(=O)(=O)NCCO)cc1. The lowest BCUT2D eigenvalue weighted by molar-refractivity contribution is 0.301. The largest absolute Gasteiger partial charge is 0.395 e. The second-order valence-electron chi connectivity index (χ2n) is 6.14. The van der Waals surface area contributed by atoms with Crippen molar-refractivity contribution in [1.29, 1.82) is 0 Å². The van der Waals surface area contributed by atoms with Crippen LogP contribution in [0, 0.1) is 12.7 Å². The minimum absolute atomic E-state index is 0.0430. The van der Waals surface area contributed by atoms with E-state index in [0.29, 0.717) is 22.6 Å². The third kappa shape index (κ3) is 4.67. The van der Waals surface area contributed by atoms with Crippen molar-refractivity contribution in [2.75, 3.05) is 13.2 Å². The number of aliphatic imine (C=N–C) groups is 1. The molecule has 1 heterocycles. The Labute approximate surface area is 166 Å². The van der Waals surface area contributed by atoms with Gasteiger partial charge in [0.15, 0.2) is 0 Å². The van der Waals surface area contributed by atoms with E-state index >= 15 is 0 Å². The predicted molar refractivity (Wildman–Crippen MR) is 107 cm³/mol. The fourth-order valence-electron chi connectivity index (χ4n) is 2.60. The van der Waals surface area contributed by atoms with E-state index in [0.717, 1.165) is 0 Å². The first-order valence-electron chi connectivity index (χ1n) is 8.64. The van der Waals surface area contributed by atoms with Gasteiger partial charge in [0.05, 0.1) is 28.4 Å². The average molecular weight is 418 g/mol. The molecule has 0 saturated carbocycles. The summed E-state index contributed by atoms with van der Waals surface area (Å²) in [6.45, 7) is 1.34. The molecule has 0 bridgehead atoms. The van der Waals surface area contributed by atoms with Crippen LogP contribution in [0.25, 0.3) is 5.69 Å². The molecule has 1 aromatic heterocycles. The van der Waals surface area contributed by atoms with E-state index in [1.54, 1.807) is 6.92 Å². The van der Waals surface area contributed by atoms with Gasteiger partial charge in [-0.15, -0.1) is 0 Å². The Morgan fingerprint density at radius 3 is 2.45 bits per heavy atom. The fourth-order valence-corrected chi connectivity index (χ4v) is 3.62. The van der Waals surface area contributed by atoms with Crippen LogP contribution in [0.1, 0.15) is 11.3 Å². The van der Waals surface area contributed by atoms with E-state index in [-0.39, 0.29) is 23.6 Å². The Kier molecular flexibility index (Phi) is 6.06. The molecule has 29 heavy (non-hydrogen) atoms. The lowest BCUT2D eigenvalue weighted by Gasteiger charge is -2.05. The van der Waals surface area contributed by atoms with Gasteiger partial charge >= 0.3 is 0 Å². The van der Waals surface area contributed by atoms with Gasteiger partial charge < -0.3 is 5.11 Å². The molecular formula is C19H19FN4O4S. The van der Waals surface area contributed by atoms with Crippen LogP contribution in [0.2, 0.25) is 0 Å². The molecule has 0 spiro atoms. The summed E-state index contributed by atoms with van der Waals surface area (Å²) >= 11 is 0. The van der Waals surface area contributed by atoms with E-state index in [1.165, 1.54) is 59.4 Å². The number of aromatic amines is 1. The van der Waals surface area contributed by atoms with E-state index in [2.05, 4.69) is 14.8 Å². The number of aliphatic hydroxyl groups is 1. The maximum Gasteiger partial charge on any atom is 0.280 e. The zero-order valence-electron chi connectivity index (χ0n) is 15.5. The van der Waals surface area contributed by atoms with E-state index in [1.807, 2.05) is 0 Å². The number of rotatable bonds is 7. The quantitative estimate of drug-likeness (QED) is 0.506. The molecule has 10 heteroatoms. The molecule has 0 saturated heterocycles.